The van der Waals surface area contributed by atoms with Crippen molar-refractivity contribution >= 4 is 27.2 Å². The number of hydrogen-bond acceptors (Lipinski definition) is 4. The summed E-state index contributed by atoms with van der Waals surface area (Å²) in [6.45, 7) is 16.1. The van der Waals surface area contributed by atoms with Gasteiger partial charge in [-0.05, 0) is 59.5 Å². The normalized spacial score (nSPS) is 11.4. The first kappa shape index (κ1) is 30.6. The van der Waals surface area contributed by atoms with Crippen molar-refractivity contribution in [2.24, 2.45) is 0 Å². The van der Waals surface area contributed by atoms with Crippen molar-refractivity contribution < 1.29 is 30.0 Å². The number of aryl methyl sites for hydroxylation is 2. The number of fused-ring (bicyclic) bond motifs is 1. The van der Waals surface area contributed by atoms with Crippen LogP contribution in [0.3, 0.4) is 0 Å². The smallest absolute Gasteiger partial charge is 0.155 e. The maximum Gasteiger partial charge on any atom is 0.155 e. The number of pyridine rings is 1. The monoisotopic (exact) mass is 691 g/mol. The van der Waals surface area contributed by atoms with Gasteiger partial charge in [0.25, 0.3) is 0 Å². The molecule has 0 aliphatic heterocycles. The second kappa shape index (κ2) is 13.3. The fourth-order valence-electron chi connectivity index (χ4n) is 4.05. The van der Waals surface area contributed by atoms with Crippen LogP contribution in [0.2, 0.25) is 0 Å². The maximum atomic E-state index is 10.0. The molecule has 0 aliphatic rings. The minimum Gasteiger partial charge on any atom is -0.512 e. The summed E-state index contributed by atoms with van der Waals surface area (Å²) in [5.41, 5.74) is 8.60. The van der Waals surface area contributed by atoms with E-state index < -0.39 is 0 Å². The zero-order valence-electron chi connectivity index (χ0n) is 22.9. The molecular formula is C32H36IrNO2S-. The number of rotatable bonds is 5. The van der Waals surface area contributed by atoms with Crippen LogP contribution >= 0.6 is 11.3 Å². The SMILES string of the molecule is CC(=O)/C=C(/C)O.Cc1[c-]c(-c2cc3cc(-c4cc(C(C)C)cc(C(C)C)c4)sc3cn2)cc(C)c1.[Ir]. The molecule has 0 saturated carbocycles. The number of hydrogen-bond donors (Lipinski definition) is 1. The summed E-state index contributed by atoms with van der Waals surface area (Å²) < 4.78 is 1.23. The first-order valence-corrected chi connectivity index (χ1v) is 13.2. The Bertz CT molecular complexity index is 1370. The number of carbonyl (C=O) groups is 1. The largest absolute Gasteiger partial charge is 0.512 e. The van der Waals surface area contributed by atoms with Crippen LogP contribution in [0.25, 0.3) is 31.8 Å². The van der Waals surface area contributed by atoms with Crippen LogP contribution in [-0.4, -0.2) is 15.9 Å². The number of ketones is 1. The Labute approximate surface area is 239 Å². The average molecular weight is 691 g/mol. The number of nitrogens with zero attached hydrogens (tertiary/aromatic N) is 1. The van der Waals surface area contributed by atoms with Gasteiger partial charge < -0.3 is 10.1 Å². The summed E-state index contributed by atoms with van der Waals surface area (Å²) in [5, 5.41) is 9.62. The van der Waals surface area contributed by atoms with E-state index >= 15 is 0 Å². The zero-order valence-corrected chi connectivity index (χ0v) is 26.1. The second-order valence-electron chi connectivity index (χ2n) is 10.1. The van der Waals surface area contributed by atoms with Crippen LogP contribution in [0.1, 0.15) is 75.6 Å². The third kappa shape index (κ3) is 8.46. The van der Waals surface area contributed by atoms with Gasteiger partial charge in [-0.15, -0.1) is 46.2 Å². The first-order valence-electron chi connectivity index (χ1n) is 12.4. The fraction of sp³-hybridized carbons (Fsp3) is 0.312. The molecule has 1 N–H and O–H groups in total. The Morgan fingerprint density at radius 3 is 2.05 bits per heavy atom. The molecule has 3 nitrogen and oxygen atoms in total. The van der Waals surface area contributed by atoms with Crippen molar-refractivity contribution in [3.05, 3.63) is 88.8 Å². The van der Waals surface area contributed by atoms with E-state index in [0.29, 0.717) is 11.8 Å². The molecule has 37 heavy (non-hydrogen) atoms. The predicted molar refractivity (Wildman–Crippen MR) is 154 cm³/mol. The molecule has 2 aromatic carbocycles. The number of carbonyl (C=O) groups excluding carboxylic acids is 1. The van der Waals surface area contributed by atoms with Gasteiger partial charge in [-0.1, -0.05) is 65.8 Å². The van der Waals surface area contributed by atoms with Crippen LogP contribution in [0, 0.1) is 19.9 Å². The summed E-state index contributed by atoms with van der Waals surface area (Å²) >= 11 is 1.83. The molecule has 0 saturated heterocycles. The number of aliphatic hydroxyl groups excluding tert-OH is 1. The fourth-order valence-corrected chi connectivity index (χ4v) is 5.05. The molecule has 0 atom stereocenters. The van der Waals surface area contributed by atoms with Crippen LogP contribution < -0.4 is 0 Å². The Hall–Kier alpha value is -2.59. The van der Waals surface area contributed by atoms with Gasteiger partial charge in [-0.3, -0.25) is 4.79 Å². The van der Waals surface area contributed by atoms with E-state index in [0.717, 1.165) is 16.8 Å². The maximum absolute atomic E-state index is 10.0. The molecule has 0 fully saturated rings. The molecule has 4 aromatic rings. The summed E-state index contributed by atoms with van der Waals surface area (Å²) in [6.07, 6.45) is 3.18. The number of thiophene rings is 1. The molecule has 0 bridgehead atoms. The molecule has 2 aromatic heterocycles. The van der Waals surface area contributed by atoms with Crippen molar-refractivity contribution in [1.82, 2.24) is 4.98 Å². The van der Waals surface area contributed by atoms with Crippen molar-refractivity contribution in [3.8, 4) is 21.7 Å². The average Bonchev–Trinajstić information content (AvgIpc) is 3.21. The number of benzene rings is 2. The zero-order chi connectivity index (χ0) is 26.6. The molecule has 0 spiro atoms. The van der Waals surface area contributed by atoms with Crippen LogP contribution in [0.5, 0.6) is 0 Å². The minimum atomic E-state index is -0.125. The molecule has 4 rings (SSSR count). The van der Waals surface area contributed by atoms with Crippen molar-refractivity contribution in [2.75, 3.05) is 0 Å². The van der Waals surface area contributed by atoms with E-state index in [1.807, 2.05) is 17.5 Å². The standard InChI is InChI=1S/C27H28NS.C5H8O2.Ir/c1-16(2)20-10-21(17(3)4)12-23(11-20)26-14-24-13-25(28-15-27(24)29-26)22-8-18(5)7-19(6)9-22;1-4(6)3-5(2)7;/h7-8,10-17H,1-6H3;3,6H,1-2H3;/q-1;;/b;4-3-;. The van der Waals surface area contributed by atoms with E-state index in [-0.39, 0.29) is 31.6 Å². The summed E-state index contributed by atoms with van der Waals surface area (Å²) in [4.78, 5) is 16.1. The topological polar surface area (TPSA) is 50.2 Å². The van der Waals surface area contributed by atoms with Gasteiger partial charge in [-0.2, -0.15) is 0 Å². The summed E-state index contributed by atoms with van der Waals surface area (Å²) in [5.74, 6) is 0.984. The van der Waals surface area contributed by atoms with Gasteiger partial charge in [0, 0.05) is 37.3 Å². The quantitative estimate of drug-likeness (QED) is 0.129. The Morgan fingerprint density at radius 1 is 0.946 bits per heavy atom. The molecule has 2 heterocycles. The third-order valence-corrected chi connectivity index (χ3v) is 6.97. The Kier molecular flexibility index (Phi) is 11.0. The summed E-state index contributed by atoms with van der Waals surface area (Å²) in [7, 11) is 0. The molecule has 0 aliphatic carbocycles. The van der Waals surface area contributed by atoms with Gasteiger partial charge in [-0.25, -0.2) is 0 Å². The molecular weight excluding hydrogens is 655 g/mol. The Morgan fingerprint density at radius 2 is 1.57 bits per heavy atom. The van der Waals surface area contributed by atoms with Gasteiger partial charge >= 0.3 is 0 Å². The number of aromatic nitrogens is 1. The van der Waals surface area contributed by atoms with Gasteiger partial charge in [0.2, 0.25) is 0 Å². The van der Waals surface area contributed by atoms with E-state index in [1.165, 1.54) is 57.1 Å². The van der Waals surface area contributed by atoms with E-state index in [9.17, 15) is 4.79 Å². The Balaban J connectivity index is 0.000000532. The van der Waals surface area contributed by atoms with Crippen LogP contribution in [-0.2, 0) is 24.9 Å². The molecule has 0 amide bonds. The first-order chi connectivity index (χ1) is 16.9. The molecule has 5 heteroatoms. The molecule has 197 valence electrons. The second-order valence-corrected chi connectivity index (χ2v) is 11.2. The van der Waals surface area contributed by atoms with Gasteiger partial charge in [0.05, 0.1) is 10.5 Å². The van der Waals surface area contributed by atoms with Crippen molar-refractivity contribution in [1.29, 1.82) is 0 Å². The van der Waals surface area contributed by atoms with Crippen LogP contribution in [0.15, 0.2) is 60.5 Å². The molecule has 1 radical (unpaired) electrons. The van der Waals surface area contributed by atoms with Gasteiger partial charge in [0.1, 0.15) is 0 Å². The van der Waals surface area contributed by atoms with Gasteiger partial charge in [0.15, 0.2) is 5.78 Å². The van der Waals surface area contributed by atoms with E-state index in [2.05, 4.69) is 90.1 Å². The minimum absolute atomic E-state index is 0. The van der Waals surface area contributed by atoms with Crippen LogP contribution in [0.4, 0.5) is 0 Å². The number of allylic oxidation sites excluding steroid dienone is 2. The van der Waals surface area contributed by atoms with E-state index in [1.54, 1.807) is 0 Å². The van der Waals surface area contributed by atoms with Crippen molar-refractivity contribution in [3.63, 3.8) is 0 Å². The summed E-state index contributed by atoms with van der Waals surface area (Å²) in [6, 6.07) is 19.4. The number of aliphatic hydroxyl groups is 1. The predicted octanol–water partition coefficient (Wildman–Crippen LogP) is 9.33. The third-order valence-electron chi connectivity index (χ3n) is 5.84. The van der Waals surface area contributed by atoms with Crippen molar-refractivity contribution in [2.45, 2.75) is 67.2 Å². The molecule has 0 unspecified atom stereocenters. The van der Waals surface area contributed by atoms with E-state index in [4.69, 9.17) is 10.1 Å².